The molecule has 0 aromatic rings. The molecule has 0 aliphatic carbocycles. The summed E-state index contributed by atoms with van der Waals surface area (Å²) in [6.45, 7) is 6.69. The van der Waals surface area contributed by atoms with E-state index in [2.05, 4.69) is 45.1 Å². The average Bonchev–Trinajstić information content (AvgIpc) is 3.35. The Labute approximate surface area is 430 Å². The SMILES string of the molecule is CCCCCCCC/C=C\CCCCCCCCCCCC(=O)OC[C@H](COC(=O)CCCCCCCCCCCCCCCCC)OC(=O)CCCCCCCCC/C=C\CCCCCCCC. The van der Waals surface area contributed by atoms with E-state index in [0.29, 0.717) is 19.3 Å². The fraction of sp³-hybridized carbons (Fsp3) is 0.889. The predicted octanol–water partition coefficient (Wildman–Crippen LogP) is 20.7. The minimum absolute atomic E-state index is 0.0687. The largest absolute Gasteiger partial charge is 0.462 e. The number of hydrogen-bond acceptors (Lipinski definition) is 6. The van der Waals surface area contributed by atoms with Crippen LogP contribution >= 0.6 is 0 Å². The van der Waals surface area contributed by atoms with Crippen LogP contribution in [0.5, 0.6) is 0 Å². The summed E-state index contributed by atoms with van der Waals surface area (Å²) in [5, 5.41) is 0. The Kier molecular flexibility index (Phi) is 56.7. The summed E-state index contributed by atoms with van der Waals surface area (Å²) < 4.78 is 16.9. The van der Waals surface area contributed by atoms with Crippen molar-refractivity contribution in [1.82, 2.24) is 0 Å². The molecule has 0 amide bonds. The molecule has 0 aliphatic rings. The predicted molar refractivity (Wildman–Crippen MR) is 298 cm³/mol. The molecule has 6 heteroatoms. The van der Waals surface area contributed by atoms with Crippen LogP contribution in [0.2, 0.25) is 0 Å². The molecule has 0 saturated heterocycles. The molecule has 69 heavy (non-hydrogen) atoms. The van der Waals surface area contributed by atoms with E-state index in [1.165, 1.54) is 244 Å². The van der Waals surface area contributed by atoms with E-state index < -0.39 is 6.10 Å². The van der Waals surface area contributed by atoms with Crippen molar-refractivity contribution in [2.45, 2.75) is 348 Å². The van der Waals surface area contributed by atoms with Gasteiger partial charge in [-0.3, -0.25) is 14.4 Å². The van der Waals surface area contributed by atoms with Gasteiger partial charge in [0.05, 0.1) is 0 Å². The second kappa shape index (κ2) is 58.5. The quantitative estimate of drug-likeness (QED) is 0.0261. The molecule has 0 radical (unpaired) electrons. The summed E-state index contributed by atoms with van der Waals surface area (Å²) >= 11 is 0. The van der Waals surface area contributed by atoms with Crippen LogP contribution in [0.4, 0.5) is 0 Å². The van der Waals surface area contributed by atoms with Crippen molar-refractivity contribution in [1.29, 1.82) is 0 Å². The maximum atomic E-state index is 12.9. The maximum Gasteiger partial charge on any atom is 0.306 e. The highest BCUT2D eigenvalue weighted by Crippen LogP contribution is 2.17. The molecule has 0 aromatic carbocycles. The van der Waals surface area contributed by atoms with Crippen molar-refractivity contribution >= 4 is 17.9 Å². The molecule has 0 rings (SSSR count). The van der Waals surface area contributed by atoms with E-state index in [0.717, 1.165) is 57.8 Å². The first kappa shape index (κ1) is 66.9. The van der Waals surface area contributed by atoms with E-state index in [9.17, 15) is 14.4 Å². The van der Waals surface area contributed by atoms with Gasteiger partial charge in [-0.05, 0) is 70.6 Å². The normalized spacial score (nSPS) is 12.1. The lowest BCUT2D eigenvalue weighted by Gasteiger charge is -2.18. The van der Waals surface area contributed by atoms with Crippen molar-refractivity contribution in [2.75, 3.05) is 13.2 Å². The molecule has 0 bridgehead atoms. The molecule has 406 valence electrons. The van der Waals surface area contributed by atoms with Crippen molar-refractivity contribution in [2.24, 2.45) is 0 Å². The van der Waals surface area contributed by atoms with Gasteiger partial charge in [0.1, 0.15) is 13.2 Å². The van der Waals surface area contributed by atoms with E-state index in [4.69, 9.17) is 14.2 Å². The van der Waals surface area contributed by atoms with Gasteiger partial charge in [0, 0.05) is 19.3 Å². The number of ether oxygens (including phenoxy) is 3. The minimum Gasteiger partial charge on any atom is -0.462 e. The Morgan fingerprint density at radius 1 is 0.275 bits per heavy atom. The molecule has 0 N–H and O–H groups in total. The number of carbonyl (C=O) groups is 3. The summed E-state index contributed by atoms with van der Waals surface area (Å²) in [7, 11) is 0. The second-order valence-electron chi connectivity index (χ2n) is 21.0. The van der Waals surface area contributed by atoms with Crippen LogP contribution in [0.25, 0.3) is 0 Å². The summed E-state index contributed by atoms with van der Waals surface area (Å²) in [6.07, 6.45) is 68.8. The second-order valence-corrected chi connectivity index (χ2v) is 21.0. The van der Waals surface area contributed by atoms with Crippen LogP contribution in [-0.2, 0) is 28.6 Å². The van der Waals surface area contributed by atoms with Crippen LogP contribution in [0.3, 0.4) is 0 Å². The summed E-state index contributed by atoms with van der Waals surface area (Å²) in [5.74, 6) is -0.851. The number of esters is 3. The molecular weight excluding hydrogens is 853 g/mol. The Bertz CT molecular complexity index is 1110. The first-order valence-electron chi connectivity index (χ1n) is 30.8. The van der Waals surface area contributed by atoms with Gasteiger partial charge >= 0.3 is 17.9 Å². The topological polar surface area (TPSA) is 78.9 Å². The molecule has 0 aromatic heterocycles. The van der Waals surface area contributed by atoms with Gasteiger partial charge in [0.25, 0.3) is 0 Å². The number of carbonyl (C=O) groups excluding carboxylic acids is 3. The number of hydrogen-bond donors (Lipinski definition) is 0. The lowest BCUT2D eigenvalue weighted by molar-refractivity contribution is -0.167. The molecule has 0 saturated carbocycles. The van der Waals surface area contributed by atoms with Crippen molar-refractivity contribution < 1.29 is 28.6 Å². The maximum absolute atomic E-state index is 12.9. The molecule has 0 aliphatic heterocycles. The smallest absolute Gasteiger partial charge is 0.306 e. The van der Waals surface area contributed by atoms with Gasteiger partial charge in [0.15, 0.2) is 6.10 Å². The van der Waals surface area contributed by atoms with Gasteiger partial charge in [-0.2, -0.15) is 0 Å². The zero-order chi connectivity index (χ0) is 50.0. The Morgan fingerprint density at radius 2 is 0.478 bits per heavy atom. The van der Waals surface area contributed by atoms with Crippen LogP contribution in [0.1, 0.15) is 342 Å². The fourth-order valence-corrected chi connectivity index (χ4v) is 9.26. The lowest BCUT2D eigenvalue weighted by atomic mass is 10.0. The van der Waals surface area contributed by atoms with Crippen LogP contribution in [0.15, 0.2) is 24.3 Å². The molecule has 1 atom stereocenters. The highest BCUT2D eigenvalue weighted by atomic mass is 16.6. The molecule has 0 unspecified atom stereocenters. The van der Waals surface area contributed by atoms with Gasteiger partial charge in [-0.25, -0.2) is 0 Å². The molecule has 0 heterocycles. The summed E-state index contributed by atoms with van der Waals surface area (Å²) in [4.78, 5) is 38.2. The lowest BCUT2D eigenvalue weighted by Crippen LogP contribution is -2.30. The Morgan fingerprint density at radius 3 is 0.725 bits per heavy atom. The zero-order valence-corrected chi connectivity index (χ0v) is 46.6. The van der Waals surface area contributed by atoms with Gasteiger partial charge in [-0.15, -0.1) is 0 Å². The minimum atomic E-state index is -0.771. The average molecular weight is 972 g/mol. The zero-order valence-electron chi connectivity index (χ0n) is 46.6. The van der Waals surface area contributed by atoms with E-state index in [1.54, 1.807) is 0 Å². The van der Waals surface area contributed by atoms with E-state index >= 15 is 0 Å². The van der Waals surface area contributed by atoms with Crippen LogP contribution in [0, 0.1) is 0 Å². The van der Waals surface area contributed by atoms with Crippen molar-refractivity contribution in [3.05, 3.63) is 24.3 Å². The monoisotopic (exact) mass is 971 g/mol. The standard InChI is InChI=1S/C63H118O6/c1-4-7-10-13-16-19-22-25-28-30-31-33-35-38-41-44-47-50-53-56-62(65)68-59-60(58-67-61(64)55-52-49-46-43-40-37-34-27-24-21-18-15-12-9-6-3)69-63(66)57-54-51-48-45-42-39-36-32-29-26-23-20-17-14-11-8-5-2/h25-26,28-29,60H,4-24,27,30-59H2,1-3H3/b28-25-,29-26-/t60-/m0/s1. The van der Waals surface area contributed by atoms with Crippen LogP contribution < -0.4 is 0 Å². The first-order chi connectivity index (χ1) is 34.0. The van der Waals surface area contributed by atoms with Crippen molar-refractivity contribution in [3.63, 3.8) is 0 Å². The Balaban J connectivity index is 4.32. The molecule has 6 nitrogen and oxygen atoms in total. The van der Waals surface area contributed by atoms with Gasteiger partial charge < -0.3 is 14.2 Å². The van der Waals surface area contributed by atoms with Crippen molar-refractivity contribution in [3.8, 4) is 0 Å². The third kappa shape index (κ3) is 56.7. The third-order valence-electron chi connectivity index (χ3n) is 13.9. The van der Waals surface area contributed by atoms with E-state index in [-0.39, 0.29) is 31.1 Å². The molecule has 0 fully saturated rings. The van der Waals surface area contributed by atoms with Gasteiger partial charge in [-0.1, -0.05) is 276 Å². The number of allylic oxidation sites excluding steroid dienone is 4. The third-order valence-corrected chi connectivity index (χ3v) is 13.9. The number of unbranched alkanes of at least 4 members (excludes halogenated alkanes) is 42. The molecular formula is C63H118O6. The highest BCUT2D eigenvalue weighted by Gasteiger charge is 2.19. The highest BCUT2D eigenvalue weighted by molar-refractivity contribution is 5.71. The Hall–Kier alpha value is -2.11. The molecule has 0 spiro atoms. The number of rotatable bonds is 57. The summed E-state index contributed by atoms with van der Waals surface area (Å²) in [6, 6.07) is 0. The fourth-order valence-electron chi connectivity index (χ4n) is 9.26. The summed E-state index contributed by atoms with van der Waals surface area (Å²) in [5.41, 5.74) is 0. The van der Waals surface area contributed by atoms with Gasteiger partial charge in [0.2, 0.25) is 0 Å². The van der Waals surface area contributed by atoms with Crippen LogP contribution in [-0.4, -0.2) is 37.2 Å². The first-order valence-corrected chi connectivity index (χ1v) is 30.8. The van der Waals surface area contributed by atoms with E-state index in [1.807, 2.05) is 0 Å².